The molecular weight excluding hydrogens is 131 g/mol. The highest BCUT2D eigenvalue weighted by molar-refractivity contribution is 5.85. The zero-order chi connectivity index (χ0) is 5.86. The van der Waals surface area contributed by atoms with Gasteiger partial charge in [-0.2, -0.15) is 0 Å². The minimum absolute atomic E-state index is 0. The van der Waals surface area contributed by atoms with Gasteiger partial charge in [-0.25, -0.2) is 0 Å². The zero-order valence-electron chi connectivity index (χ0n) is 4.50. The van der Waals surface area contributed by atoms with E-state index in [4.69, 9.17) is 10.2 Å². The first-order valence-corrected chi connectivity index (χ1v) is 2.03. The Kier molecular flexibility index (Phi) is 6.48. The average Bonchev–Trinajstić information content (AvgIpc) is 1.27. The van der Waals surface area contributed by atoms with E-state index in [-0.39, 0.29) is 18.8 Å². The molecule has 0 bridgehead atoms. The predicted octanol–water partition coefficient (Wildman–Crippen LogP) is 0.264. The van der Waals surface area contributed by atoms with Crippen LogP contribution in [0.3, 0.4) is 0 Å². The number of rotatable bonds is 2. The molecule has 0 heterocycles. The smallest absolute Gasteiger partial charge is 0.305 e. The molecule has 0 radical (unpaired) electrons. The van der Waals surface area contributed by atoms with Crippen molar-refractivity contribution in [3.8, 4) is 0 Å². The summed E-state index contributed by atoms with van der Waals surface area (Å²) >= 11 is 0. The number of aliphatic carboxylic acids is 1. The van der Waals surface area contributed by atoms with Crippen molar-refractivity contribution in [3.63, 3.8) is 0 Å². The molecular formula is C4H9ClO3. The summed E-state index contributed by atoms with van der Waals surface area (Å²) < 4.78 is 0. The second-order valence-corrected chi connectivity index (χ2v) is 1.45. The number of aliphatic hydroxyl groups is 1. The van der Waals surface area contributed by atoms with Gasteiger partial charge in [0.05, 0.1) is 12.5 Å². The van der Waals surface area contributed by atoms with Gasteiger partial charge in [0.25, 0.3) is 0 Å². The fourth-order valence-corrected chi connectivity index (χ4v) is 0.253. The molecule has 0 aromatic carbocycles. The molecule has 8 heavy (non-hydrogen) atoms. The first kappa shape index (κ1) is 10.7. The largest absolute Gasteiger partial charge is 0.481 e. The Labute approximate surface area is 53.7 Å². The molecule has 0 amide bonds. The monoisotopic (exact) mass is 140 g/mol. The Bertz CT molecular complexity index is 71.7. The quantitative estimate of drug-likeness (QED) is 0.579. The van der Waals surface area contributed by atoms with Crippen LogP contribution in [0.4, 0.5) is 0 Å². The average molecular weight is 141 g/mol. The standard InChI is InChI=1S/C4H8O3.ClH/c1-3(5)2-4(6)7;/h3,5H,2H2,1H3,(H,6,7);1H/t3-;/m1./s1. The summed E-state index contributed by atoms with van der Waals surface area (Å²) in [7, 11) is 0. The second kappa shape index (κ2) is 4.87. The van der Waals surface area contributed by atoms with Crippen molar-refractivity contribution in [1.82, 2.24) is 0 Å². The van der Waals surface area contributed by atoms with Crippen LogP contribution in [0.2, 0.25) is 0 Å². The van der Waals surface area contributed by atoms with Gasteiger partial charge in [0, 0.05) is 0 Å². The van der Waals surface area contributed by atoms with Gasteiger partial charge in [-0.1, -0.05) is 0 Å². The van der Waals surface area contributed by atoms with E-state index in [1.165, 1.54) is 6.92 Å². The van der Waals surface area contributed by atoms with Crippen LogP contribution >= 0.6 is 12.4 Å². The van der Waals surface area contributed by atoms with Crippen molar-refractivity contribution in [1.29, 1.82) is 0 Å². The van der Waals surface area contributed by atoms with E-state index in [0.29, 0.717) is 0 Å². The van der Waals surface area contributed by atoms with E-state index in [9.17, 15) is 4.79 Å². The lowest BCUT2D eigenvalue weighted by Crippen LogP contribution is -2.07. The lowest BCUT2D eigenvalue weighted by molar-refractivity contribution is -0.138. The molecule has 0 aromatic rings. The number of aliphatic hydroxyl groups excluding tert-OH is 1. The summed E-state index contributed by atoms with van der Waals surface area (Å²) in [6.07, 6.45) is -0.891. The van der Waals surface area contributed by atoms with Crippen molar-refractivity contribution in [3.05, 3.63) is 0 Å². The van der Waals surface area contributed by atoms with E-state index < -0.39 is 12.1 Å². The van der Waals surface area contributed by atoms with Gasteiger partial charge in [-0.15, -0.1) is 12.4 Å². The zero-order valence-corrected chi connectivity index (χ0v) is 5.31. The molecule has 3 nitrogen and oxygen atoms in total. The lowest BCUT2D eigenvalue weighted by atomic mass is 10.3. The van der Waals surface area contributed by atoms with Gasteiger partial charge < -0.3 is 10.2 Å². The third-order valence-electron chi connectivity index (χ3n) is 0.470. The first-order valence-electron chi connectivity index (χ1n) is 2.03. The summed E-state index contributed by atoms with van der Waals surface area (Å²) in [4.78, 5) is 9.65. The Morgan fingerprint density at radius 2 is 2.12 bits per heavy atom. The fourth-order valence-electron chi connectivity index (χ4n) is 0.253. The maximum atomic E-state index is 9.65. The number of hydrogen-bond acceptors (Lipinski definition) is 2. The first-order chi connectivity index (χ1) is 3.13. The SMILES string of the molecule is C[C@@H](O)CC(=O)O.Cl. The fraction of sp³-hybridized carbons (Fsp3) is 0.750. The maximum Gasteiger partial charge on any atom is 0.305 e. The van der Waals surface area contributed by atoms with E-state index in [2.05, 4.69) is 0 Å². The molecule has 0 aliphatic heterocycles. The Hall–Kier alpha value is -0.280. The van der Waals surface area contributed by atoms with Crippen LogP contribution in [-0.4, -0.2) is 22.3 Å². The number of carboxylic acids is 1. The van der Waals surface area contributed by atoms with E-state index >= 15 is 0 Å². The second-order valence-electron chi connectivity index (χ2n) is 1.45. The van der Waals surface area contributed by atoms with Crippen molar-refractivity contribution in [2.75, 3.05) is 0 Å². The summed E-state index contributed by atoms with van der Waals surface area (Å²) in [5, 5.41) is 16.3. The number of hydrogen-bond donors (Lipinski definition) is 2. The normalized spacial score (nSPS) is 11.8. The van der Waals surface area contributed by atoms with Crippen molar-refractivity contribution >= 4 is 18.4 Å². The lowest BCUT2D eigenvalue weighted by Gasteiger charge is -1.94. The highest BCUT2D eigenvalue weighted by atomic mass is 35.5. The minimum Gasteiger partial charge on any atom is -0.481 e. The van der Waals surface area contributed by atoms with Gasteiger partial charge in [0.15, 0.2) is 0 Å². The van der Waals surface area contributed by atoms with Crippen LogP contribution in [0, 0.1) is 0 Å². The highest BCUT2D eigenvalue weighted by Crippen LogP contribution is 1.85. The van der Waals surface area contributed by atoms with Crippen molar-refractivity contribution in [2.24, 2.45) is 0 Å². The minimum atomic E-state index is -0.963. The molecule has 0 aromatic heterocycles. The molecule has 0 aliphatic rings. The molecule has 0 fully saturated rings. The molecule has 4 heteroatoms. The Morgan fingerprint density at radius 3 is 2.12 bits per heavy atom. The van der Waals surface area contributed by atoms with Gasteiger partial charge >= 0.3 is 5.97 Å². The van der Waals surface area contributed by atoms with E-state index in [1.54, 1.807) is 0 Å². The van der Waals surface area contributed by atoms with Crippen LogP contribution < -0.4 is 0 Å². The number of halogens is 1. The topological polar surface area (TPSA) is 57.5 Å². The summed E-state index contributed by atoms with van der Waals surface area (Å²) in [6.45, 7) is 1.44. The van der Waals surface area contributed by atoms with Crippen molar-refractivity contribution in [2.45, 2.75) is 19.4 Å². The van der Waals surface area contributed by atoms with Gasteiger partial charge in [0.2, 0.25) is 0 Å². The molecule has 2 N–H and O–H groups in total. The van der Waals surface area contributed by atoms with Crippen LogP contribution in [-0.2, 0) is 4.79 Å². The van der Waals surface area contributed by atoms with Crippen LogP contribution in [0.5, 0.6) is 0 Å². The molecule has 1 atom stereocenters. The Morgan fingerprint density at radius 1 is 1.75 bits per heavy atom. The van der Waals surface area contributed by atoms with E-state index in [1.807, 2.05) is 0 Å². The van der Waals surface area contributed by atoms with Crippen molar-refractivity contribution < 1.29 is 15.0 Å². The van der Waals surface area contributed by atoms with Crippen LogP contribution in [0.1, 0.15) is 13.3 Å². The molecule has 0 rings (SSSR count). The van der Waals surface area contributed by atoms with Crippen LogP contribution in [0.25, 0.3) is 0 Å². The molecule has 0 spiro atoms. The third kappa shape index (κ3) is 9.21. The molecule has 0 unspecified atom stereocenters. The molecule has 0 saturated carbocycles. The van der Waals surface area contributed by atoms with E-state index in [0.717, 1.165) is 0 Å². The summed E-state index contributed by atoms with van der Waals surface area (Å²) in [5.74, 6) is -0.963. The molecule has 50 valence electrons. The molecule has 0 saturated heterocycles. The highest BCUT2D eigenvalue weighted by Gasteiger charge is 2.00. The number of carbonyl (C=O) groups is 1. The van der Waals surface area contributed by atoms with Gasteiger partial charge in [0.1, 0.15) is 0 Å². The molecule has 0 aliphatic carbocycles. The number of carboxylic acid groups (broad SMARTS) is 1. The summed E-state index contributed by atoms with van der Waals surface area (Å²) in [6, 6.07) is 0. The third-order valence-corrected chi connectivity index (χ3v) is 0.470. The van der Waals surface area contributed by atoms with Crippen LogP contribution in [0.15, 0.2) is 0 Å². The predicted molar refractivity (Wildman–Crippen MR) is 31.2 cm³/mol. The Balaban J connectivity index is 0. The summed E-state index contributed by atoms with van der Waals surface area (Å²) in [5.41, 5.74) is 0. The maximum absolute atomic E-state index is 9.65. The van der Waals surface area contributed by atoms with Gasteiger partial charge in [-0.3, -0.25) is 4.79 Å². The van der Waals surface area contributed by atoms with Gasteiger partial charge in [-0.05, 0) is 6.92 Å².